The molecule has 0 fully saturated rings. The van der Waals surface area contributed by atoms with Crippen molar-refractivity contribution in [2.45, 2.75) is 45.8 Å². The van der Waals surface area contributed by atoms with Gasteiger partial charge in [-0.3, -0.25) is 0 Å². The molecule has 0 aliphatic rings. The third-order valence-electron chi connectivity index (χ3n) is 3.39. The van der Waals surface area contributed by atoms with Crippen molar-refractivity contribution in [1.82, 2.24) is 5.32 Å². The lowest BCUT2D eigenvalue weighted by molar-refractivity contribution is -0.0113. The maximum atomic E-state index is 10.2. The molecule has 4 heteroatoms. The molecule has 0 saturated heterocycles. The Morgan fingerprint density at radius 2 is 1.95 bits per heavy atom. The van der Waals surface area contributed by atoms with E-state index in [9.17, 15) is 5.11 Å². The van der Waals surface area contributed by atoms with E-state index >= 15 is 0 Å². The van der Waals surface area contributed by atoms with Crippen molar-refractivity contribution in [1.29, 1.82) is 0 Å². The summed E-state index contributed by atoms with van der Waals surface area (Å²) in [5.41, 5.74) is 0.353. The van der Waals surface area contributed by atoms with Crippen LogP contribution in [0.15, 0.2) is 18.2 Å². The number of hydrogen-bond acceptors (Lipinski definition) is 3. The first-order valence-electron chi connectivity index (χ1n) is 6.89. The zero-order chi connectivity index (χ0) is 14.3. The molecule has 2 N–H and O–H groups in total. The van der Waals surface area contributed by atoms with E-state index in [1.807, 2.05) is 32.0 Å². The van der Waals surface area contributed by atoms with Gasteiger partial charge >= 0.3 is 0 Å². The summed E-state index contributed by atoms with van der Waals surface area (Å²) < 4.78 is 5.64. The van der Waals surface area contributed by atoms with Gasteiger partial charge in [-0.15, -0.1) is 0 Å². The summed E-state index contributed by atoms with van der Waals surface area (Å²) >= 11 is 6.19. The highest BCUT2D eigenvalue weighted by Gasteiger charge is 2.23. The van der Waals surface area contributed by atoms with Crippen LogP contribution in [0.2, 0.25) is 5.02 Å². The highest BCUT2D eigenvalue weighted by molar-refractivity contribution is 6.32. The molecule has 0 unspecified atom stereocenters. The summed E-state index contributed by atoms with van der Waals surface area (Å²) in [7, 11) is 0. The highest BCUT2D eigenvalue weighted by Crippen LogP contribution is 2.27. The minimum Gasteiger partial charge on any atom is -0.489 e. The van der Waals surface area contributed by atoms with Gasteiger partial charge in [-0.25, -0.2) is 0 Å². The number of rotatable bonds is 8. The fourth-order valence-corrected chi connectivity index (χ4v) is 1.96. The summed E-state index contributed by atoms with van der Waals surface area (Å²) in [4.78, 5) is 0. The van der Waals surface area contributed by atoms with Gasteiger partial charge in [0.05, 0.1) is 10.6 Å². The lowest BCUT2D eigenvalue weighted by Crippen LogP contribution is -2.34. The van der Waals surface area contributed by atoms with Crippen LogP contribution in [0.4, 0.5) is 0 Å². The van der Waals surface area contributed by atoms with Gasteiger partial charge in [-0.05, 0) is 37.1 Å². The van der Waals surface area contributed by atoms with E-state index < -0.39 is 5.60 Å². The predicted molar refractivity (Wildman–Crippen MR) is 79.9 cm³/mol. The Labute approximate surface area is 120 Å². The SMILES string of the molecule is CCNCc1ccc(OCC(O)(CC)CC)c(Cl)c1. The average molecular weight is 286 g/mol. The van der Waals surface area contributed by atoms with Crippen molar-refractivity contribution in [3.63, 3.8) is 0 Å². The van der Waals surface area contributed by atoms with Crippen molar-refractivity contribution in [2.24, 2.45) is 0 Å². The van der Waals surface area contributed by atoms with Crippen LogP contribution in [0.1, 0.15) is 39.2 Å². The monoisotopic (exact) mass is 285 g/mol. The molecule has 0 radical (unpaired) electrons. The number of halogens is 1. The average Bonchev–Trinajstić information content (AvgIpc) is 2.43. The number of nitrogens with one attached hydrogen (secondary N) is 1. The molecule has 108 valence electrons. The molecular weight excluding hydrogens is 262 g/mol. The van der Waals surface area contributed by atoms with Crippen molar-refractivity contribution in [3.8, 4) is 5.75 Å². The molecule has 19 heavy (non-hydrogen) atoms. The van der Waals surface area contributed by atoms with Gasteiger partial charge < -0.3 is 15.2 Å². The van der Waals surface area contributed by atoms with E-state index in [-0.39, 0.29) is 6.61 Å². The lowest BCUT2D eigenvalue weighted by atomic mass is 9.99. The van der Waals surface area contributed by atoms with Crippen LogP contribution in [0.25, 0.3) is 0 Å². The smallest absolute Gasteiger partial charge is 0.138 e. The van der Waals surface area contributed by atoms with Crippen LogP contribution >= 0.6 is 11.6 Å². The van der Waals surface area contributed by atoms with Gasteiger partial charge in [0.15, 0.2) is 0 Å². The Morgan fingerprint density at radius 3 is 2.47 bits per heavy atom. The molecular formula is C15H24ClNO2. The Balaban J connectivity index is 2.64. The van der Waals surface area contributed by atoms with Gasteiger partial charge in [-0.1, -0.05) is 38.4 Å². The lowest BCUT2D eigenvalue weighted by Gasteiger charge is -2.25. The molecule has 1 aromatic carbocycles. The van der Waals surface area contributed by atoms with Crippen molar-refractivity contribution < 1.29 is 9.84 Å². The van der Waals surface area contributed by atoms with Crippen LogP contribution in [0.5, 0.6) is 5.75 Å². The fourth-order valence-electron chi connectivity index (χ4n) is 1.71. The molecule has 0 aliphatic carbocycles. The Hall–Kier alpha value is -0.770. The molecule has 3 nitrogen and oxygen atoms in total. The first kappa shape index (κ1) is 16.3. The third kappa shape index (κ3) is 5.01. The molecule has 0 bridgehead atoms. The summed E-state index contributed by atoms with van der Waals surface area (Å²) in [6.07, 6.45) is 1.33. The maximum absolute atomic E-state index is 10.2. The topological polar surface area (TPSA) is 41.5 Å². The minimum atomic E-state index is -0.772. The molecule has 0 heterocycles. The quantitative estimate of drug-likeness (QED) is 0.769. The van der Waals surface area contributed by atoms with Crippen molar-refractivity contribution in [2.75, 3.05) is 13.2 Å². The van der Waals surface area contributed by atoms with Crippen LogP contribution in [-0.4, -0.2) is 23.9 Å². The van der Waals surface area contributed by atoms with Crippen LogP contribution in [0, 0.1) is 0 Å². The van der Waals surface area contributed by atoms with Gasteiger partial charge in [-0.2, -0.15) is 0 Å². The highest BCUT2D eigenvalue weighted by atomic mass is 35.5. The Kier molecular flexibility index (Phi) is 6.63. The van der Waals surface area contributed by atoms with E-state index in [0.717, 1.165) is 18.7 Å². The van der Waals surface area contributed by atoms with Gasteiger partial charge in [0.25, 0.3) is 0 Å². The number of benzene rings is 1. The second-order valence-electron chi connectivity index (χ2n) is 4.77. The van der Waals surface area contributed by atoms with Gasteiger partial charge in [0.1, 0.15) is 12.4 Å². The largest absolute Gasteiger partial charge is 0.489 e. The standard InChI is InChI=1S/C15H24ClNO2/c1-4-15(18,5-2)11-19-14-8-7-12(9-13(14)16)10-17-6-3/h7-9,17-18H,4-6,10-11H2,1-3H3. The minimum absolute atomic E-state index is 0.270. The second kappa shape index (κ2) is 7.73. The summed E-state index contributed by atoms with van der Waals surface area (Å²) in [5, 5.41) is 14.0. The summed E-state index contributed by atoms with van der Waals surface area (Å²) in [6, 6.07) is 5.75. The summed E-state index contributed by atoms with van der Waals surface area (Å²) in [6.45, 7) is 7.96. The third-order valence-corrected chi connectivity index (χ3v) is 3.68. The van der Waals surface area contributed by atoms with E-state index in [1.54, 1.807) is 0 Å². The molecule has 0 spiro atoms. The number of hydrogen-bond donors (Lipinski definition) is 2. The van der Waals surface area contributed by atoms with E-state index in [1.165, 1.54) is 0 Å². The van der Waals surface area contributed by atoms with Crippen molar-refractivity contribution >= 4 is 11.6 Å². The van der Waals surface area contributed by atoms with E-state index in [4.69, 9.17) is 16.3 Å². The van der Waals surface area contributed by atoms with Crippen molar-refractivity contribution in [3.05, 3.63) is 28.8 Å². The molecule has 0 atom stereocenters. The van der Waals surface area contributed by atoms with Gasteiger partial charge in [0, 0.05) is 6.54 Å². The predicted octanol–water partition coefficient (Wildman–Crippen LogP) is 3.38. The Bertz CT molecular complexity index is 392. The first-order chi connectivity index (χ1) is 9.04. The molecule has 1 rings (SSSR count). The zero-order valence-corrected chi connectivity index (χ0v) is 12.8. The first-order valence-corrected chi connectivity index (χ1v) is 7.26. The van der Waals surface area contributed by atoms with E-state index in [0.29, 0.717) is 23.6 Å². The van der Waals surface area contributed by atoms with E-state index in [2.05, 4.69) is 12.2 Å². The molecule has 0 amide bonds. The number of ether oxygens (including phenoxy) is 1. The fraction of sp³-hybridized carbons (Fsp3) is 0.600. The maximum Gasteiger partial charge on any atom is 0.138 e. The normalized spacial score (nSPS) is 11.6. The zero-order valence-electron chi connectivity index (χ0n) is 12.0. The van der Waals surface area contributed by atoms with Crippen LogP contribution in [-0.2, 0) is 6.54 Å². The van der Waals surface area contributed by atoms with Crippen LogP contribution in [0.3, 0.4) is 0 Å². The summed E-state index contributed by atoms with van der Waals surface area (Å²) in [5.74, 6) is 0.627. The van der Waals surface area contributed by atoms with Gasteiger partial charge in [0.2, 0.25) is 0 Å². The molecule has 1 aromatic rings. The van der Waals surface area contributed by atoms with Crippen LogP contribution < -0.4 is 10.1 Å². The number of aliphatic hydroxyl groups is 1. The Morgan fingerprint density at radius 1 is 1.26 bits per heavy atom. The molecule has 0 aliphatic heterocycles. The molecule has 0 saturated carbocycles. The second-order valence-corrected chi connectivity index (χ2v) is 5.17. The molecule has 0 aromatic heterocycles.